The molecular formula is C32H39N3O6S. The minimum absolute atomic E-state index is 0.0781. The average molecular weight is 594 g/mol. The number of hydrogen-bond acceptors (Lipinski definition) is 6. The molecule has 1 aliphatic heterocycles. The first-order chi connectivity index (χ1) is 20.1. The van der Waals surface area contributed by atoms with Gasteiger partial charge in [-0.2, -0.15) is 4.31 Å². The van der Waals surface area contributed by atoms with Gasteiger partial charge < -0.3 is 15.0 Å². The molecule has 0 bridgehead atoms. The van der Waals surface area contributed by atoms with E-state index in [9.17, 15) is 22.8 Å². The number of sulfonamides is 1. The number of carbonyl (C=O) groups excluding carboxylic acids is 3. The molecule has 10 heteroatoms. The van der Waals surface area contributed by atoms with Crippen molar-refractivity contribution in [3.63, 3.8) is 0 Å². The molecule has 1 fully saturated rings. The number of ketones is 1. The van der Waals surface area contributed by atoms with Crippen molar-refractivity contribution in [3.05, 3.63) is 83.9 Å². The van der Waals surface area contributed by atoms with Crippen LogP contribution in [0.4, 0.5) is 4.79 Å². The summed E-state index contributed by atoms with van der Waals surface area (Å²) in [6.07, 6.45) is 2.29. The molecule has 42 heavy (non-hydrogen) atoms. The van der Waals surface area contributed by atoms with Gasteiger partial charge in [0.25, 0.3) is 0 Å². The summed E-state index contributed by atoms with van der Waals surface area (Å²) in [6.45, 7) is 2.83. The van der Waals surface area contributed by atoms with Gasteiger partial charge in [-0.3, -0.25) is 9.59 Å². The third-order valence-electron chi connectivity index (χ3n) is 7.48. The Hall–Kier alpha value is -3.76. The lowest BCUT2D eigenvalue weighted by Crippen LogP contribution is -2.44. The summed E-state index contributed by atoms with van der Waals surface area (Å²) in [7, 11) is -3.47. The number of nitrogens with one attached hydrogen (secondary N) is 1. The predicted molar refractivity (Wildman–Crippen MR) is 162 cm³/mol. The first-order valence-corrected chi connectivity index (χ1v) is 16.1. The lowest BCUT2D eigenvalue weighted by atomic mass is 10.0. The van der Waals surface area contributed by atoms with E-state index in [1.165, 1.54) is 15.5 Å². The molecule has 3 aromatic rings. The first-order valence-electron chi connectivity index (χ1n) is 14.3. The van der Waals surface area contributed by atoms with Crippen LogP contribution in [0.15, 0.2) is 72.8 Å². The number of fused-ring (bicyclic) bond motifs is 1. The summed E-state index contributed by atoms with van der Waals surface area (Å²) in [5, 5.41) is 4.96. The van der Waals surface area contributed by atoms with Crippen LogP contribution in [0, 0.1) is 5.92 Å². The van der Waals surface area contributed by atoms with Gasteiger partial charge in [0.15, 0.2) is 5.78 Å². The van der Waals surface area contributed by atoms with Crippen molar-refractivity contribution >= 4 is 38.6 Å². The zero-order valence-corrected chi connectivity index (χ0v) is 25.0. The summed E-state index contributed by atoms with van der Waals surface area (Å²) in [6, 6.07) is 22.5. The van der Waals surface area contributed by atoms with Crippen LogP contribution in [0.5, 0.6) is 0 Å². The maximum absolute atomic E-state index is 12.9. The molecule has 1 saturated heterocycles. The van der Waals surface area contributed by atoms with Crippen LogP contribution in [0.3, 0.4) is 0 Å². The van der Waals surface area contributed by atoms with Crippen molar-refractivity contribution < 1.29 is 27.5 Å². The van der Waals surface area contributed by atoms with Crippen molar-refractivity contribution in [2.45, 2.75) is 51.8 Å². The number of rotatable bonds is 11. The average Bonchev–Trinajstić information content (AvgIpc) is 3.15. The van der Waals surface area contributed by atoms with Crippen LogP contribution in [-0.2, 0) is 37.5 Å². The number of amides is 2. The molecule has 224 valence electrons. The highest BCUT2D eigenvalue weighted by Crippen LogP contribution is 2.20. The molecule has 2 atom stereocenters. The van der Waals surface area contributed by atoms with Crippen molar-refractivity contribution in [1.82, 2.24) is 14.5 Å². The molecule has 2 unspecified atom stereocenters. The SMILES string of the molecule is CC(CCC(=O)NC1CCCN(C(=O)OCc2ccccc2)CC1=O)CN(Cc1ccc2ccccc2c1)S(C)(=O)=O. The van der Waals surface area contributed by atoms with E-state index in [1.807, 2.05) is 79.7 Å². The number of ether oxygens (including phenoxy) is 1. The molecule has 9 nitrogen and oxygen atoms in total. The Bertz CT molecular complexity index is 1490. The molecule has 1 aliphatic rings. The van der Waals surface area contributed by atoms with Gasteiger partial charge in [-0.05, 0) is 53.1 Å². The van der Waals surface area contributed by atoms with Gasteiger partial charge in [0.05, 0.1) is 18.8 Å². The Morgan fingerprint density at radius 3 is 2.48 bits per heavy atom. The molecule has 0 radical (unpaired) electrons. The number of benzene rings is 3. The maximum Gasteiger partial charge on any atom is 0.410 e. The number of likely N-dealkylation sites (tertiary alicyclic amines) is 1. The molecule has 0 aliphatic carbocycles. The van der Waals surface area contributed by atoms with Gasteiger partial charge >= 0.3 is 6.09 Å². The maximum atomic E-state index is 12.9. The lowest BCUT2D eigenvalue weighted by Gasteiger charge is -2.24. The molecule has 0 spiro atoms. The van der Waals surface area contributed by atoms with Crippen molar-refractivity contribution in [1.29, 1.82) is 0 Å². The van der Waals surface area contributed by atoms with Gasteiger partial charge in [0, 0.05) is 26.1 Å². The fourth-order valence-corrected chi connectivity index (χ4v) is 5.99. The summed E-state index contributed by atoms with van der Waals surface area (Å²) in [5.41, 5.74) is 1.76. The van der Waals surface area contributed by atoms with E-state index >= 15 is 0 Å². The largest absolute Gasteiger partial charge is 0.445 e. The van der Waals surface area contributed by atoms with E-state index in [0.29, 0.717) is 25.8 Å². The molecular weight excluding hydrogens is 554 g/mol. The first kappa shape index (κ1) is 31.2. The molecule has 1 N–H and O–H groups in total. The third kappa shape index (κ3) is 9.12. The topological polar surface area (TPSA) is 113 Å². The standard InChI is InChI=1S/C32H39N3O6S/c1-24(20-35(42(2,39)40)21-26-15-16-27-11-6-7-12-28(27)19-26)14-17-31(37)33-29-13-8-18-34(22-30(29)36)32(38)41-23-25-9-4-3-5-10-25/h3-7,9-12,15-16,19,24,29H,8,13-14,17-18,20-23H2,1-2H3,(H,33,37). The molecule has 0 aromatic heterocycles. The summed E-state index contributed by atoms with van der Waals surface area (Å²) >= 11 is 0. The fourth-order valence-electron chi connectivity index (χ4n) is 5.08. The van der Waals surface area contributed by atoms with Crippen LogP contribution >= 0.6 is 0 Å². The Labute approximate surface area is 247 Å². The van der Waals surface area contributed by atoms with Crippen molar-refractivity contribution in [3.8, 4) is 0 Å². The second kappa shape index (κ2) is 14.4. The van der Waals surface area contributed by atoms with E-state index in [0.717, 1.165) is 21.9 Å². The molecule has 1 heterocycles. The van der Waals surface area contributed by atoms with Crippen LogP contribution in [0.25, 0.3) is 10.8 Å². The highest BCUT2D eigenvalue weighted by molar-refractivity contribution is 7.88. The van der Waals surface area contributed by atoms with Crippen molar-refractivity contribution in [2.75, 3.05) is 25.9 Å². The van der Waals surface area contributed by atoms with Crippen LogP contribution < -0.4 is 5.32 Å². The Morgan fingerprint density at radius 1 is 1.02 bits per heavy atom. The lowest BCUT2D eigenvalue weighted by molar-refractivity contribution is -0.128. The van der Waals surface area contributed by atoms with Crippen LogP contribution in [0.2, 0.25) is 0 Å². The van der Waals surface area contributed by atoms with Crippen molar-refractivity contribution in [2.24, 2.45) is 5.92 Å². The number of Topliss-reactive ketones (excluding diaryl/α,β-unsaturated/α-hetero) is 1. The third-order valence-corrected chi connectivity index (χ3v) is 8.69. The second-order valence-electron chi connectivity index (χ2n) is 11.1. The smallest absolute Gasteiger partial charge is 0.410 e. The van der Waals surface area contributed by atoms with E-state index in [-0.39, 0.29) is 50.3 Å². The van der Waals surface area contributed by atoms with E-state index in [2.05, 4.69) is 5.32 Å². The summed E-state index contributed by atoms with van der Waals surface area (Å²) in [4.78, 5) is 39.5. The number of carbonyl (C=O) groups is 3. The minimum Gasteiger partial charge on any atom is -0.445 e. The highest BCUT2D eigenvalue weighted by atomic mass is 32.2. The highest BCUT2D eigenvalue weighted by Gasteiger charge is 2.29. The quantitative estimate of drug-likeness (QED) is 0.350. The molecule has 4 rings (SSSR count). The minimum atomic E-state index is -3.47. The van der Waals surface area contributed by atoms with Crippen LogP contribution in [-0.4, -0.2) is 67.3 Å². The van der Waals surface area contributed by atoms with E-state index < -0.39 is 22.2 Å². The predicted octanol–water partition coefficient (Wildman–Crippen LogP) is 4.50. The Kier molecular flexibility index (Phi) is 10.7. The normalized spacial score (nSPS) is 16.7. The zero-order chi connectivity index (χ0) is 30.1. The Morgan fingerprint density at radius 2 is 1.74 bits per heavy atom. The van der Waals surface area contributed by atoms with Gasteiger partial charge in [0.2, 0.25) is 15.9 Å². The second-order valence-corrected chi connectivity index (χ2v) is 13.1. The van der Waals surface area contributed by atoms with Gasteiger partial charge in [-0.25, -0.2) is 13.2 Å². The molecule has 3 aromatic carbocycles. The number of hydrogen-bond donors (Lipinski definition) is 1. The number of nitrogens with zero attached hydrogens (tertiary/aromatic N) is 2. The molecule has 0 saturated carbocycles. The van der Waals surface area contributed by atoms with Crippen LogP contribution in [0.1, 0.15) is 43.7 Å². The monoisotopic (exact) mass is 593 g/mol. The molecule has 2 amide bonds. The van der Waals surface area contributed by atoms with Gasteiger partial charge in [-0.15, -0.1) is 0 Å². The van der Waals surface area contributed by atoms with Gasteiger partial charge in [0.1, 0.15) is 6.61 Å². The van der Waals surface area contributed by atoms with E-state index in [1.54, 1.807) is 0 Å². The summed E-state index contributed by atoms with van der Waals surface area (Å²) in [5.74, 6) is -0.574. The zero-order valence-electron chi connectivity index (χ0n) is 24.2. The Balaban J connectivity index is 1.24. The summed E-state index contributed by atoms with van der Waals surface area (Å²) < 4.78 is 31.9. The van der Waals surface area contributed by atoms with Gasteiger partial charge in [-0.1, -0.05) is 73.7 Å². The fraction of sp³-hybridized carbons (Fsp3) is 0.406. The van der Waals surface area contributed by atoms with E-state index in [4.69, 9.17) is 4.74 Å².